The van der Waals surface area contributed by atoms with Crippen molar-refractivity contribution >= 4 is 17.8 Å². The highest BCUT2D eigenvalue weighted by Crippen LogP contribution is 2.27. The summed E-state index contributed by atoms with van der Waals surface area (Å²) in [4.78, 5) is 25.4. The molecule has 0 unspecified atom stereocenters. The van der Waals surface area contributed by atoms with Crippen molar-refractivity contribution in [2.24, 2.45) is 0 Å². The Hall–Kier alpha value is -3.46. The van der Waals surface area contributed by atoms with Gasteiger partial charge in [0.2, 0.25) is 0 Å². The fourth-order valence-electron chi connectivity index (χ4n) is 3.65. The molecule has 1 aliphatic heterocycles. The van der Waals surface area contributed by atoms with E-state index in [1.54, 1.807) is 39.2 Å². The number of ether oxygens (including phenoxy) is 3. The van der Waals surface area contributed by atoms with Crippen LogP contribution in [-0.2, 0) is 20.9 Å². The number of hydrogen-bond donors (Lipinski definition) is 3. The Labute approximate surface area is 204 Å². The molecule has 2 aromatic carbocycles. The smallest absolute Gasteiger partial charge is 0.342 e. The third kappa shape index (κ3) is 6.79. The number of phenols is 1. The molecule has 3 N–H and O–H groups in total. The first-order chi connectivity index (χ1) is 16.7. The van der Waals surface area contributed by atoms with E-state index in [1.807, 2.05) is 12.1 Å². The Bertz CT molecular complexity index is 1100. The highest BCUT2D eigenvalue weighted by atomic mass is 16.6. The molecule has 0 bridgehead atoms. The largest absolute Gasteiger partial charge is 0.507 e. The average molecular weight is 483 g/mol. The molecule has 2 aromatic rings. The molecule has 0 radical (unpaired) electrons. The number of carbonyl (C=O) groups excluding carboxylic acids is 2. The van der Waals surface area contributed by atoms with Crippen molar-refractivity contribution in [3.05, 3.63) is 76.9 Å². The normalized spacial score (nSPS) is 25.2. The molecule has 1 aliphatic rings. The van der Waals surface area contributed by atoms with Gasteiger partial charge in [-0.15, -0.1) is 0 Å². The minimum Gasteiger partial charge on any atom is -0.507 e. The van der Waals surface area contributed by atoms with E-state index in [-0.39, 0.29) is 24.3 Å². The maximum Gasteiger partial charge on any atom is 0.342 e. The van der Waals surface area contributed by atoms with Crippen LogP contribution in [0.2, 0.25) is 0 Å². The molecule has 0 fully saturated rings. The van der Waals surface area contributed by atoms with E-state index in [2.05, 4.69) is 0 Å². The van der Waals surface area contributed by atoms with Gasteiger partial charge in [-0.05, 0) is 67.3 Å². The molecule has 186 valence electrons. The van der Waals surface area contributed by atoms with Crippen LogP contribution < -0.4 is 4.74 Å². The minimum absolute atomic E-state index is 0.0280. The van der Waals surface area contributed by atoms with Crippen molar-refractivity contribution < 1.29 is 39.1 Å². The third-order valence-corrected chi connectivity index (χ3v) is 5.63. The van der Waals surface area contributed by atoms with Gasteiger partial charge < -0.3 is 29.5 Å². The van der Waals surface area contributed by atoms with Crippen molar-refractivity contribution in [2.45, 2.75) is 51.3 Å². The van der Waals surface area contributed by atoms with Crippen LogP contribution in [0.15, 0.2) is 54.6 Å². The minimum atomic E-state index is -1.63. The molecule has 0 saturated carbocycles. The van der Waals surface area contributed by atoms with Crippen LogP contribution in [0.25, 0.3) is 6.08 Å². The molecule has 3 rings (SSSR count). The molecular weight excluding hydrogens is 452 g/mol. The predicted octanol–water partition coefficient (Wildman–Crippen LogP) is 3.10. The standard InChI is InChI=1S/C27H30O8/c1-16-13-19-5-4-6-21(28)26(31)22(29)11-12-24(17(2)35-27(32)25(19)23(30)14-16)34-15-18-7-9-20(33-3)10-8-18/h4-5,7-14,17,21,24,26,28,30-31H,6,15H2,1-3H3/b5-4+,12-11-/t17-,21-,24+,26-/m0/s1. The lowest BCUT2D eigenvalue weighted by Gasteiger charge is -2.23. The number of phenolic OH excluding ortho intramolecular Hbond substituents is 1. The summed E-state index contributed by atoms with van der Waals surface area (Å²) in [5, 5.41) is 30.9. The zero-order valence-corrected chi connectivity index (χ0v) is 19.9. The van der Waals surface area contributed by atoms with Gasteiger partial charge in [0.1, 0.15) is 35.4 Å². The first-order valence-corrected chi connectivity index (χ1v) is 11.2. The Morgan fingerprint density at radius 1 is 1.09 bits per heavy atom. The number of fused-ring (bicyclic) bond motifs is 1. The zero-order chi connectivity index (χ0) is 25.5. The summed E-state index contributed by atoms with van der Waals surface area (Å²) in [7, 11) is 1.57. The predicted molar refractivity (Wildman–Crippen MR) is 129 cm³/mol. The van der Waals surface area contributed by atoms with Gasteiger partial charge in [0, 0.05) is 0 Å². The van der Waals surface area contributed by atoms with Gasteiger partial charge in [-0.25, -0.2) is 4.79 Å². The van der Waals surface area contributed by atoms with Crippen molar-refractivity contribution in [3.63, 3.8) is 0 Å². The molecule has 0 aliphatic carbocycles. The Morgan fingerprint density at radius 3 is 2.49 bits per heavy atom. The summed E-state index contributed by atoms with van der Waals surface area (Å²) >= 11 is 0. The lowest BCUT2D eigenvalue weighted by molar-refractivity contribution is -0.127. The topological polar surface area (TPSA) is 123 Å². The van der Waals surface area contributed by atoms with Crippen LogP contribution in [0.3, 0.4) is 0 Å². The lowest BCUT2D eigenvalue weighted by atomic mass is 10.00. The highest BCUT2D eigenvalue weighted by molar-refractivity contribution is 5.97. The quantitative estimate of drug-likeness (QED) is 0.568. The van der Waals surface area contributed by atoms with Crippen molar-refractivity contribution in [1.82, 2.24) is 0 Å². The number of rotatable bonds is 4. The zero-order valence-electron chi connectivity index (χ0n) is 19.9. The first kappa shape index (κ1) is 26.2. The van der Waals surface area contributed by atoms with Gasteiger partial charge in [0.05, 0.1) is 19.8 Å². The van der Waals surface area contributed by atoms with Crippen LogP contribution in [0, 0.1) is 6.92 Å². The maximum atomic E-state index is 13.0. The number of carbonyl (C=O) groups is 2. The number of hydrogen-bond acceptors (Lipinski definition) is 8. The van der Waals surface area contributed by atoms with E-state index in [0.29, 0.717) is 16.9 Å². The fourth-order valence-corrected chi connectivity index (χ4v) is 3.65. The van der Waals surface area contributed by atoms with Gasteiger partial charge in [0.25, 0.3) is 0 Å². The average Bonchev–Trinajstić information content (AvgIpc) is 2.82. The third-order valence-electron chi connectivity index (χ3n) is 5.63. The molecule has 0 amide bonds. The Morgan fingerprint density at radius 2 is 1.80 bits per heavy atom. The number of aromatic hydroxyl groups is 1. The number of cyclic esters (lactones) is 1. The molecule has 0 aromatic heterocycles. The van der Waals surface area contributed by atoms with E-state index in [0.717, 1.165) is 11.6 Å². The summed E-state index contributed by atoms with van der Waals surface area (Å²) in [5.74, 6) is -1.01. The lowest BCUT2D eigenvalue weighted by Crippen LogP contribution is -2.34. The second kappa shape index (κ2) is 11.8. The van der Waals surface area contributed by atoms with Crippen molar-refractivity contribution in [2.75, 3.05) is 7.11 Å². The number of ketones is 1. The molecule has 4 atom stereocenters. The van der Waals surface area contributed by atoms with Crippen LogP contribution >= 0.6 is 0 Å². The van der Waals surface area contributed by atoms with Crippen LogP contribution in [0.1, 0.15) is 40.4 Å². The number of aliphatic hydroxyl groups is 2. The molecule has 0 spiro atoms. The Balaban J connectivity index is 1.92. The van der Waals surface area contributed by atoms with Gasteiger partial charge in [-0.1, -0.05) is 30.4 Å². The molecule has 0 saturated heterocycles. The van der Waals surface area contributed by atoms with Crippen molar-refractivity contribution in [3.8, 4) is 11.5 Å². The summed E-state index contributed by atoms with van der Waals surface area (Å²) in [6.07, 6.45) is 0.812. The molecule has 1 heterocycles. The number of esters is 1. The molecule has 8 nitrogen and oxygen atoms in total. The van der Waals surface area contributed by atoms with Gasteiger partial charge in [0.15, 0.2) is 5.78 Å². The van der Waals surface area contributed by atoms with Crippen LogP contribution in [0.5, 0.6) is 11.5 Å². The van der Waals surface area contributed by atoms with E-state index in [4.69, 9.17) is 14.2 Å². The number of methoxy groups -OCH3 is 1. The summed E-state index contributed by atoms with van der Waals surface area (Å²) < 4.78 is 16.7. The van der Waals surface area contributed by atoms with Crippen molar-refractivity contribution in [1.29, 1.82) is 0 Å². The van der Waals surface area contributed by atoms with Crippen LogP contribution in [-0.4, -0.2) is 58.6 Å². The summed E-state index contributed by atoms with van der Waals surface area (Å²) in [5.41, 5.74) is 1.89. The SMILES string of the molecule is COc1ccc(CO[C@@H]2/C=C\C(=O)[C@@H](O)[C@@H](O)C/C=C/c3cc(C)cc(O)c3C(=O)O[C@H]2C)cc1. The second-order valence-electron chi connectivity index (χ2n) is 8.39. The summed E-state index contributed by atoms with van der Waals surface area (Å²) in [6.45, 7) is 3.51. The van der Waals surface area contributed by atoms with E-state index < -0.39 is 36.2 Å². The van der Waals surface area contributed by atoms with Crippen LogP contribution in [0.4, 0.5) is 0 Å². The number of aliphatic hydroxyl groups excluding tert-OH is 2. The van der Waals surface area contributed by atoms with Gasteiger partial charge in [-0.2, -0.15) is 0 Å². The second-order valence-corrected chi connectivity index (χ2v) is 8.39. The molecular formula is C27H30O8. The van der Waals surface area contributed by atoms with E-state index in [9.17, 15) is 24.9 Å². The maximum absolute atomic E-state index is 13.0. The summed E-state index contributed by atoms with van der Waals surface area (Å²) in [6, 6.07) is 10.3. The Kier molecular flexibility index (Phi) is 8.81. The molecule has 8 heteroatoms. The first-order valence-electron chi connectivity index (χ1n) is 11.2. The molecule has 35 heavy (non-hydrogen) atoms. The highest BCUT2D eigenvalue weighted by Gasteiger charge is 2.27. The number of benzene rings is 2. The van der Waals surface area contributed by atoms with E-state index in [1.165, 1.54) is 24.3 Å². The fraction of sp³-hybridized carbons (Fsp3) is 0.333. The van der Waals surface area contributed by atoms with E-state index >= 15 is 0 Å². The number of aryl methyl sites for hydroxylation is 1. The van der Waals surface area contributed by atoms with Gasteiger partial charge >= 0.3 is 5.97 Å². The monoisotopic (exact) mass is 482 g/mol. The van der Waals surface area contributed by atoms with Gasteiger partial charge in [-0.3, -0.25) is 4.79 Å².